The maximum absolute atomic E-state index is 12.9. The minimum Gasteiger partial charge on any atom is -0.379 e. The van der Waals surface area contributed by atoms with E-state index in [9.17, 15) is 18.0 Å². The molecule has 0 aliphatic carbocycles. The van der Waals surface area contributed by atoms with Crippen LogP contribution in [0.4, 0.5) is 0 Å². The van der Waals surface area contributed by atoms with E-state index in [1.807, 2.05) is 19.9 Å². The van der Waals surface area contributed by atoms with Gasteiger partial charge >= 0.3 is 0 Å². The first kappa shape index (κ1) is 23.6. The van der Waals surface area contributed by atoms with Gasteiger partial charge in [-0.3, -0.25) is 14.5 Å². The summed E-state index contributed by atoms with van der Waals surface area (Å²) >= 11 is 0. The van der Waals surface area contributed by atoms with Crippen molar-refractivity contribution < 1.29 is 22.7 Å². The van der Waals surface area contributed by atoms with Crippen LogP contribution in [0.1, 0.15) is 32.1 Å². The summed E-state index contributed by atoms with van der Waals surface area (Å²) in [6.45, 7) is 7.86. The number of Topliss-reactive ketones (excluding diaryl/α,β-unsaturated/α-hetero) is 1. The number of amides is 1. The fourth-order valence-electron chi connectivity index (χ4n) is 4.30. The third-order valence-electron chi connectivity index (χ3n) is 6.19. The molecule has 178 valence electrons. The maximum Gasteiger partial charge on any atom is 0.253 e. The summed E-state index contributed by atoms with van der Waals surface area (Å²) in [5, 5.41) is 0. The highest BCUT2D eigenvalue weighted by molar-refractivity contribution is 7.89. The van der Waals surface area contributed by atoms with E-state index in [0.29, 0.717) is 64.6 Å². The molecule has 33 heavy (non-hydrogen) atoms. The minimum atomic E-state index is -3.59. The topological polar surface area (TPSA) is 103 Å². The number of hydrogen-bond donors (Lipinski definition) is 1. The molecule has 0 bridgehead atoms. The monoisotopic (exact) mass is 474 g/mol. The summed E-state index contributed by atoms with van der Waals surface area (Å²) in [7, 11) is -3.59. The second-order valence-corrected chi connectivity index (χ2v) is 10.5. The zero-order valence-corrected chi connectivity index (χ0v) is 19.9. The van der Waals surface area contributed by atoms with Gasteiger partial charge in [0, 0.05) is 61.8 Å². The standard InChI is InChI=1S/C23H30N4O5S/c1-17-15-21(18(2)24-17)22(28)16-25-7-9-26(10-8-25)23(29)19-3-5-20(6-4-19)33(30,31)27-11-13-32-14-12-27/h3-6,15,24H,7-14,16H2,1-2H3. The number of carbonyl (C=O) groups is 2. The Hall–Kier alpha value is -2.53. The summed E-state index contributed by atoms with van der Waals surface area (Å²) in [6, 6.07) is 8.01. The van der Waals surface area contributed by atoms with E-state index in [1.54, 1.807) is 17.0 Å². The third-order valence-corrected chi connectivity index (χ3v) is 8.10. The quantitative estimate of drug-likeness (QED) is 0.633. The third kappa shape index (κ3) is 5.19. The van der Waals surface area contributed by atoms with Crippen molar-refractivity contribution in [1.82, 2.24) is 19.1 Å². The van der Waals surface area contributed by atoms with Crippen molar-refractivity contribution in [2.45, 2.75) is 18.7 Å². The van der Waals surface area contributed by atoms with Crippen molar-refractivity contribution in [2.24, 2.45) is 0 Å². The first-order chi connectivity index (χ1) is 15.8. The van der Waals surface area contributed by atoms with E-state index in [4.69, 9.17) is 4.74 Å². The Balaban J connectivity index is 1.33. The van der Waals surface area contributed by atoms with Gasteiger partial charge in [-0.2, -0.15) is 4.31 Å². The van der Waals surface area contributed by atoms with Gasteiger partial charge in [0.2, 0.25) is 10.0 Å². The summed E-state index contributed by atoms with van der Waals surface area (Å²) in [5.41, 5.74) is 3.03. The molecule has 2 aromatic rings. The van der Waals surface area contributed by atoms with Crippen LogP contribution in [0.3, 0.4) is 0 Å². The molecule has 4 rings (SSSR count). The van der Waals surface area contributed by atoms with Crippen LogP contribution in [0.2, 0.25) is 0 Å². The largest absolute Gasteiger partial charge is 0.379 e. The van der Waals surface area contributed by atoms with Crippen LogP contribution in [0.25, 0.3) is 0 Å². The number of piperazine rings is 1. The number of benzene rings is 1. The highest BCUT2D eigenvalue weighted by Gasteiger charge is 2.28. The summed E-state index contributed by atoms with van der Waals surface area (Å²) in [6.07, 6.45) is 0. The normalized spacial score (nSPS) is 18.4. The van der Waals surface area contributed by atoms with Crippen LogP contribution in [0.5, 0.6) is 0 Å². The van der Waals surface area contributed by atoms with Crippen molar-refractivity contribution in [3.05, 3.63) is 52.8 Å². The number of carbonyl (C=O) groups excluding carboxylic acids is 2. The SMILES string of the molecule is Cc1cc(C(=O)CN2CCN(C(=O)c3ccc(S(=O)(=O)N4CCOCC4)cc3)CC2)c(C)[nH]1. The van der Waals surface area contributed by atoms with Crippen LogP contribution in [-0.2, 0) is 14.8 Å². The predicted octanol–water partition coefficient (Wildman–Crippen LogP) is 1.29. The van der Waals surface area contributed by atoms with Crippen molar-refractivity contribution in [1.29, 1.82) is 0 Å². The van der Waals surface area contributed by atoms with Gasteiger partial charge in [-0.25, -0.2) is 8.42 Å². The molecule has 0 saturated carbocycles. The van der Waals surface area contributed by atoms with Gasteiger partial charge in [0.15, 0.2) is 5.78 Å². The Bertz CT molecular complexity index is 1110. The molecule has 9 nitrogen and oxygen atoms in total. The van der Waals surface area contributed by atoms with Crippen LogP contribution < -0.4 is 0 Å². The van der Waals surface area contributed by atoms with E-state index >= 15 is 0 Å². The van der Waals surface area contributed by atoms with Gasteiger partial charge in [0.1, 0.15) is 0 Å². The van der Waals surface area contributed by atoms with Gasteiger partial charge in [-0.15, -0.1) is 0 Å². The molecular formula is C23H30N4O5S. The van der Waals surface area contributed by atoms with Crippen molar-refractivity contribution >= 4 is 21.7 Å². The Kier molecular flexibility index (Phi) is 6.99. The van der Waals surface area contributed by atoms with E-state index in [-0.39, 0.29) is 16.6 Å². The smallest absolute Gasteiger partial charge is 0.253 e. The first-order valence-corrected chi connectivity index (χ1v) is 12.6. The van der Waals surface area contributed by atoms with Gasteiger partial charge in [-0.05, 0) is 44.2 Å². The molecule has 1 aromatic heterocycles. The molecular weight excluding hydrogens is 444 g/mol. The lowest BCUT2D eigenvalue weighted by Crippen LogP contribution is -2.49. The number of nitrogens with zero attached hydrogens (tertiary/aromatic N) is 3. The molecule has 2 aliphatic heterocycles. The average molecular weight is 475 g/mol. The molecule has 0 spiro atoms. The van der Waals surface area contributed by atoms with E-state index in [2.05, 4.69) is 9.88 Å². The van der Waals surface area contributed by atoms with E-state index in [1.165, 1.54) is 16.4 Å². The lowest BCUT2D eigenvalue weighted by molar-refractivity contribution is 0.0624. The van der Waals surface area contributed by atoms with E-state index < -0.39 is 10.0 Å². The zero-order chi connectivity index (χ0) is 23.6. The second-order valence-electron chi connectivity index (χ2n) is 8.52. The number of ether oxygens (including phenoxy) is 1. The first-order valence-electron chi connectivity index (χ1n) is 11.1. The van der Waals surface area contributed by atoms with Crippen LogP contribution >= 0.6 is 0 Å². The highest BCUT2D eigenvalue weighted by Crippen LogP contribution is 2.19. The molecule has 0 radical (unpaired) electrons. The van der Waals surface area contributed by atoms with Crippen molar-refractivity contribution in [3.8, 4) is 0 Å². The molecule has 1 amide bonds. The Morgan fingerprint density at radius 1 is 0.970 bits per heavy atom. The Morgan fingerprint density at radius 3 is 2.18 bits per heavy atom. The van der Waals surface area contributed by atoms with Gasteiger partial charge < -0.3 is 14.6 Å². The molecule has 2 aliphatic rings. The number of aryl methyl sites for hydroxylation is 2. The van der Waals surface area contributed by atoms with Crippen molar-refractivity contribution in [2.75, 3.05) is 59.0 Å². The van der Waals surface area contributed by atoms with Crippen LogP contribution in [-0.4, -0.2) is 98.2 Å². The lowest BCUT2D eigenvalue weighted by Gasteiger charge is -2.34. The summed E-state index contributed by atoms with van der Waals surface area (Å²) < 4.78 is 32.2. The summed E-state index contributed by atoms with van der Waals surface area (Å²) in [5.74, 6) is -0.0536. The molecule has 2 fully saturated rings. The Labute approximate surface area is 194 Å². The number of aromatic amines is 1. The fourth-order valence-corrected chi connectivity index (χ4v) is 5.71. The molecule has 0 unspecified atom stereocenters. The van der Waals surface area contributed by atoms with Crippen LogP contribution in [0, 0.1) is 13.8 Å². The molecule has 1 aromatic carbocycles. The minimum absolute atomic E-state index is 0.0775. The molecule has 2 saturated heterocycles. The van der Waals surface area contributed by atoms with Gasteiger partial charge in [-0.1, -0.05) is 0 Å². The zero-order valence-electron chi connectivity index (χ0n) is 19.0. The van der Waals surface area contributed by atoms with Crippen LogP contribution in [0.15, 0.2) is 35.2 Å². The predicted molar refractivity (Wildman–Crippen MR) is 123 cm³/mol. The van der Waals surface area contributed by atoms with E-state index in [0.717, 1.165) is 17.0 Å². The van der Waals surface area contributed by atoms with Crippen molar-refractivity contribution in [3.63, 3.8) is 0 Å². The van der Waals surface area contributed by atoms with Gasteiger partial charge in [0.25, 0.3) is 5.91 Å². The number of rotatable bonds is 6. The molecule has 1 N–H and O–H groups in total. The lowest BCUT2D eigenvalue weighted by atomic mass is 10.1. The number of sulfonamides is 1. The number of hydrogen-bond acceptors (Lipinski definition) is 6. The maximum atomic E-state index is 12.9. The summed E-state index contributed by atoms with van der Waals surface area (Å²) in [4.78, 5) is 32.7. The number of H-pyrrole nitrogens is 1. The van der Waals surface area contributed by atoms with Gasteiger partial charge in [0.05, 0.1) is 24.7 Å². The highest BCUT2D eigenvalue weighted by atomic mass is 32.2. The number of nitrogens with one attached hydrogen (secondary N) is 1. The number of aromatic nitrogens is 1. The average Bonchev–Trinajstić information content (AvgIpc) is 3.17. The molecule has 10 heteroatoms. The second kappa shape index (κ2) is 9.76. The fraction of sp³-hybridized carbons (Fsp3) is 0.478. The molecule has 0 atom stereocenters. The number of morpholine rings is 1. The Morgan fingerprint density at radius 2 is 1.61 bits per heavy atom. The number of ketones is 1. The molecule has 3 heterocycles.